The maximum atomic E-state index is 12.2. The maximum absolute atomic E-state index is 12.2. The van der Waals surface area contributed by atoms with Gasteiger partial charge < -0.3 is 19.9 Å². The molecule has 0 radical (unpaired) electrons. The molecule has 4 aromatic rings. The Morgan fingerprint density at radius 2 is 2.00 bits per heavy atom. The summed E-state index contributed by atoms with van der Waals surface area (Å²) in [6.45, 7) is 2.23. The lowest BCUT2D eigenvalue weighted by Gasteiger charge is -2.13. The van der Waals surface area contributed by atoms with Crippen molar-refractivity contribution in [3.63, 3.8) is 0 Å². The molecule has 2 heterocycles. The summed E-state index contributed by atoms with van der Waals surface area (Å²) in [6, 6.07) is 10.3. The van der Waals surface area contributed by atoms with Gasteiger partial charge in [-0.3, -0.25) is 9.59 Å². The van der Waals surface area contributed by atoms with Crippen LogP contribution in [0.4, 0.5) is 0 Å². The first-order valence-corrected chi connectivity index (χ1v) is 9.58. The summed E-state index contributed by atoms with van der Waals surface area (Å²) in [4.78, 5) is 30.2. The highest BCUT2D eigenvalue weighted by molar-refractivity contribution is 5.77. The summed E-state index contributed by atoms with van der Waals surface area (Å²) in [7, 11) is 0. The van der Waals surface area contributed by atoms with Crippen LogP contribution in [0.1, 0.15) is 18.9 Å². The zero-order chi connectivity index (χ0) is 22.0. The second-order valence-corrected chi connectivity index (χ2v) is 6.85. The fourth-order valence-corrected chi connectivity index (χ4v) is 3.30. The van der Waals surface area contributed by atoms with Crippen molar-refractivity contribution < 1.29 is 19.7 Å². The van der Waals surface area contributed by atoms with Crippen LogP contribution in [-0.4, -0.2) is 48.2 Å². The Kier molecular flexibility index (Phi) is 5.35. The molecule has 0 aliphatic heterocycles. The number of benzene rings is 2. The number of hydrogen-bond acceptors (Lipinski definition) is 7. The van der Waals surface area contributed by atoms with Crippen LogP contribution < -0.4 is 10.3 Å². The summed E-state index contributed by atoms with van der Waals surface area (Å²) in [5.74, 6) is -0.0658. The summed E-state index contributed by atoms with van der Waals surface area (Å²) >= 11 is 0. The Morgan fingerprint density at radius 1 is 1.16 bits per heavy atom. The van der Waals surface area contributed by atoms with E-state index in [1.165, 1.54) is 0 Å². The van der Waals surface area contributed by atoms with Crippen molar-refractivity contribution in [1.29, 1.82) is 0 Å². The molecule has 0 atom stereocenters. The molecule has 2 aromatic heterocycles. The topological polar surface area (TPSA) is 154 Å². The molecule has 0 aliphatic rings. The van der Waals surface area contributed by atoms with E-state index < -0.39 is 11.5 Å². The number of rotatable bonds is 7. The van der Waals surface area contributed by atoms with Crippen molar-refractivity contribution in [2.75, 3.05) is 6.61 Å². The number of aromatic nitrogens is 5. The van der Waals surface area contributed by atoms with E-state index in [2.05, 4.69) is 25.4 Å². The van der Waals surface area contributed by atoms with Gasteiger partial charge in [-0.1, -0.05) is 17.3 Å². The van der Waals surface area contributed by atoms with Crippen molar-refractivity contribution in [1.82, 2.24) is 25.4 Å². The number of aromatic amines is 2. The van der Waals surface area contributed by atoms with Gasteiger partial charge in [-0.05, 0) is 54.3 Å². The zero-order valence-corrected chi connectivity index (χ0v) is 16.5. The molecular formula is C21H19N5O5. The van der Waals surface area contributed by atoms with Gasteiger partial charge in [0.2, 0.25) is 0 Å². The lowest BCUT2D eigenvalue weighted by Crippen LogP contribution is -2.10. The van der Waals surface area contributed by atoms with Gasteiger partial charge in [0.25, 0.3) is 5.56 Å². The number of aryl methyl sites for hydroxylation is 1. The smallest absolute Gasteiger partial charge is 0.303 e. The normalized spacial score (nSPS) is 11.0. The standard InChI is InChI=1S/C21H19N5O5/c1-2-31-16-10-12(13-7-11(3-6-17(28)29)8-14(27)9-13)4-5-15(16)19-22-20-18(21(30)23-19)24-26-25-20/h4-5,7-10,27H,2-3,6H2,1H3,(H,28,29)(H2,22,23,24,25,26,30). The van der Waals surface area contributed by atoms with E-state index in [-0.39, 0.29) is 23.3 Å². The third-order valence-corrected chi connectivity index (χ3v) is 4.68. The molecule has 0 fully saturated rings. The molecule has 4 rings (SSSR count). The van der Waals surface area contributed by atoms with E-state index in [1.54, 1.807) is 24.3 Å². The number of phenolic OH excluding ortho intramolecular Hbond substituents is 1. The molecule has 4 N–H and O–H groups in total. The number of hydrogen-bond donors (Lipinski definition) is 4. The quantitative estimate of drug-likeness (QED) is 0.355. The maximum Gasteiger partial charge on any atom is 0.303 e. The number of aliphatic carboxylic acids is 1. The minimum atomic E-state index is -0.904. The van der Waals surface area contributed by atoms with Crippen LogP contribution in [-0.2, 0) is 11.2 Å². The zero-order valence-electron chi connectivity index (χ0n) is 16.5. The molecule has 0 unspecified atom stereocenters. The second kappa shape index (κ2) is 8.27. The van der Waals surface area contributed by atoms with E-state index in [0.717, 1.165) is 5.56 Å². The van der Waals surface area contributed by atoms with Gasteiger partial charge >= 0.3 is 5.97 Å². The van der Waals surface area contributed by atoms with Crippen molar-refractivity contribution in [2.45, 2.75) is 19.8 Å². The number of fused-ring (bicyclic) bond motifs is 1. The van der Waals surface area contributed by atoms with Crippen LogP contribution in [0.25, 0.3) is 33.7 Å². The first-order chi connectivity index (χ1) is 14.9. The second-order valence-electron chi connectivity index (χ2n) is 6.85. The monoisotopic (exact) mass is 421 g/mol. The molecule has 0 spiro atoms. The predicted octanol–water partition coefficient (Wildman–Crippen LogP) is 2.50. The molecule has 158 valence electrons. The molecule has 0 saturated heterocycles. The SMILES string of the molecule is CCOc1cc(-c2cc(O)cc(CCC(=O)O)c2)ccc1-c1nc2[nH]nnc2c(=O)[nH]1. The highest BCUT2D eigenvalue weighted by atomic mass is 16.5. The van der Waals surface area contributed by atoms with Crippen LogP contribution in [0.3, 0.4) is 0 Å². The Hall–Kier alpha value is -4.21. The van der Waals surface area contributed by atoms with Crippen molar-refractivity contribution in [2.24, 2.45) is 0 Å². The third kappa shape index (κ3) is 4.22. The van der Waals surface area contributed by atoms with Gasteiger partial charge in [-0.15, -0.1) is 5.10 Å². The van der Waals surface area contributed by atoms with E-state index in [0.29, 0.717) is 41.3 Å². The summed E-state index contributed by atoms with van der Waals surface area (Å²) in [5.41, 5.74) is 2.71. The van der Waals surface area contributed by atoms with Gasteiger partial charge in [0, 0.05) is 6.42 Å². The van der Waals surface area contributed by atoms with E-state index >= 15 is 0 Å². The molecule has 10 heteroatoms. The van der Waals surface area contributed by atoms with Gasteiger partial charge in [0.05, 0.1) is 12.2 Å². The van der Waals surface area contributed by atoms with Crippen LogP contribution >= 0.6 is 0 Å². The number of phenols is 1. The Balaban J connectivity index is 1.77. The molecule has 10 nitrogen and oxygen atoms in total. The lowest BCUT2D eigenvalue weighted by molar-refractivity contribution is -0.136. The van der Waals surface area contributed by atoms with Gasteiger partial charge in [0.1, 0.15) is 17.3 Å². The summed E-state index contributed by atoms with van der Waals surface area (Å²) < 4.78 is 5.78. The van der Waals surface area contributed by atoms with Gasteiger partial charge in [-0.25, -0.2) is 10.1 Å². The number of carboxylic acids is 1. The van der Waals surface area contributed by atoms with Crippen molar-refractivity contribution >= 4 is 17.1 Å². The summed E-state index contributed by atoms with van der Waals surface area (Å²) in [6.07, 6.45) is 0.270. The number of aromatic hydroxyl groups is 1. The molecule has 0 aliphatic carbocycles. The molecule has 0 amide bonds. The highest BCUT2D eigenvalue weighted by Gasteiger charge is 2.15. The Morgan fingerprint density at radius 3 is 2.77 bits per heavy atom. The first-order valence-electron chi connectivity index (χ1n) is 9.58. The number of H-pyrrole nitrogens is 2. The van der Waals surface area contributed by atoms with Crippen molar-refractivity contribution in [3.8, 4) is 34.0 Å². The van der Waals surface area contributed by atoms with E-state index in [9.17, 15) is 14.7 Å². The minimum Gasteiger partial charge on any atom is -0.508 e. The first kappa shape index (κ1) is 20.1. The number of carboxylic acid groups (broad SMARTS) is 1. The molecule has 31 heavy (non-hydrogen) atoms. The number of nitrogens with zero attached hydrogens (tertiary/aromatic N) is 3. The Bertz CT molecular complexity index is 1330. The van der Waals surface area contributed by atoms with E-state index in [4.69, 9.17) is 9.84 Å². The third-order valence-electron chi connectivity index (χ3n) is 4.68. The van der Waals surface area contributed by atoms with Crippen LogP contribution in [0.15, 0.2) is 41.2 Å². The molecule has 0 bridgehead atoms. The predicted molar refractivity (Wildman–Crippen MR) is 112 cm³/mol. The largest absolute Gasteiger partial charge is 0.508 e. The average Bonchev–Trinajstić information content (AvgIpc) is 3.21. The fourth-order valence-electron chi connectivity index (χ4n) is 3.30. The van der Waals surface area contributed by atoms with Crippen LogP contribution in [0.5, 0.6) is 11.5 Å². The summed E-state index contributed by atoms with van der Waals surface area (Å²) in [5, 5.41) is 28.9. The Labute approximate surface area is 175 Å². The highest BCUT2D eigenvalue weighted by Crippen LogP contribution is 2.34. The number of nitrogens with one attached hydrogen (secondary N) is 2. The van der Waals surface area contributed by atoms with E-state index in [1.807, 2.05) is 19.1 Å². The van der Waals surface area contributed by atoms with Gasteiger partial charge in [-0.2, -0.15) is 0 Å². The fraction of sp³-hybridized carbons (Fsp3) is 0.190. The number of carbonyl (C=O) groups is 1. The number of ether oxygens (including phenoxy) is 1. The van der Waals surface area contributed by atoms with Crippen LogP contribution in [0.2, 0.25) is 0 Å². The van der Waals surface area contributed by atoms with Gasteiger partial charge in [0.15, 0.2) is 11.2 Å². The molecule has 0 saturated carbocycles. The van der Waals surface area contributed by atoms with Crippen molar-refractivity contribution in [3.05, 3.63) is 52.3 Å². The average molecular weight is 421 g/mol. The molecule has 2 aromatic carbocycles. The lowest BCUT2D eigenvalue weighted by atomic mass is 9.98. The van der Waals surface area contributed by atoms with Crippen LogP contribution in [0, 0.1) is 0 Å². The molecular weight excluding hydrogens is 402 g/mol. The minimum absolute atomic E-state index is 0.0318.